The molecule has 2 aromatic carbocycles. The summed E-state index contributed by atoms with van der Waals surface area (Å²) in [5.41, 5.74) is -1.20. The Bertz CT molecular complexity index is 1240. The second-order valence-electron chi connectivity index (χ2n) is 8.26. The average Bonchev–Trinajstić information content (AvgIpc) is 2.68. The van der Waals surface area contributed by atoms with Gasteiger partial charge in [-0.25, -0.2) is 8.78 Å². The molecule has 3 atom stereocenters. The van der Waals surface area contributed by atoms with E-state index in [0.29, 0.717) is 25.6 Å². The minimum atomic E-state index is -1.72. The third-order valence-corrected chi connectivity index (χ3v) is 6.01. The number of aliphatic hydroxyl groups excluding tert-OH is 2. The number of β-amino-alcohol motifs (C(OH)–C–C–N with tert-alkyl or cyclic N) is 1. The van der Waals surface area contributed by atoms with E-state index in [-0.39, 0.29) is 39.2 Å². The molecule has 4 rings (SSSR count). The molecule has 0 amide bonds. The second kappa shape index (κ2) is 8.16. The predicted molar refractivity (Wildman–Crippen MR) is 112 cm³/mol. The highest BCUT2D eigenvalue weighted by molar-refractivity contribution is 5.89. The largest absolute Gasteiger partial charge is 0.507 e. The normalized spacial score (nSPS) is 20.6. The van der Waals surface area contributed by atoms with Crippen molar-refractivity contribution in [2.75, 3.05) is 20.1 Å². The molecule has 1 aromatic heterocycles. The fraction of sp³-hybridized carbons (Fsp3) is 0.348. The maximum Gasteiger partial charge on any atom is 0.202 e. The van der Waals surface area contributed by atoms with Gasteiger partial charge in [-0.1, -0.05) is 0 Å². The van der Waals surface area contributed by atoms with Gasteiger partial charge in [-0.15, -0.1) is 0 Å². The molecule has 0 spiro atoms. The summed E-state index contributed by atoms with van der Waals surface area (Å²) in [6.07, 6.45) is -2.09. The van der Waals surface area contributed by atoms with E-state index in [4.69, 9.17) is 4.42 Å². The van der Waals surface area contributed by atoms with Crippen LogP contribution in [0.15, 0.2) is 33.5 Å². The molecular weight excluding hydrogens is 424 g/mol. The molecule has 7 nitrogen and oxygen atoms in total. The SMILES string of the molecule is Cc1oc2c([C@H]3CCN(C)C[C@H]3O)c(O)cc(O)c2c(=O)c1C(O)c1cc(F)cc(F)c1. The number of aromatic hydroxyl groups is 2. The molecule has 2 heterocycles. The highest BCUT2D eigenvalue weighted by Gasteiger charge is 2.34. The standard InChI is InChI=1S/C23H23F2NO6/c1-10-18(21(30)11-5-12(24)7-13(25)6-11)22(31)20-16(28)8-15(27)19(23(20)32-10)14-3-4-26(2)9-17(14)29/h5-8,14,17,21,27-30H,3-4,9H2,1-2H3/t14-,17+,21?/m0/s1. The molecule has 3 aromatic rings. The summed E-state index contributed by atoms with van der Waals surface area (Å²) in [6, 6.07) is 3.42. The van der Waals surface area contributed by atoms with Crippen LogP contribution in [-0.2, 0) is 0 Å². The summed E-state index contributed by atoms with van der Waals surface area (Å²) in [5.74, 6) is -3.34. The van der Waals surface area contributed by atoms with Crippen LogP contribution in [0.2, 0.25) is 0 Å². The highest BCUT2D eigenvalue weighted by atomic mass is 19.1. The Kier molecular flexibility index (Phi) is 5.66. The van der Waals surface area contributed by atoms with Gasteiger partial charge in [0, 0.05) is 30.2 Å². The zero-order valence-electron chi connectivity index (χ0n) is 17.5. The van der Waals surface area contributed by atoms with Crippen molar-refractivity contribution in [3.05, 3.63) is 68.6 Å². The lowest BCUT2D eigenvalue weighted by atomic mass is 9.85. The lowest BCUT2D eigenvalue weighted by Gasteiger charge is -2.34. The maximum atomic E-state index is 13.6. The zero-order valence-corrected chi connectivity index (χ0v) is 17.5. The van der Waals surface area contributed by atoms with Gasteiger partial charge in [0.15, 0.2) is 0 Å². The fourth-order valence-corrected chi connectivity index (χ4v) is 4.48. The number of halogens is 2. The third kappa shape index (κ3) is 3.72. The van der Waals surface area contributed by atoms with E-state index in [0.717, 1.165) is 18.2 Å². The first-order chi connectivity index (χ1) is 15.1. The smallest absolute Gasteiger partial charge is 0.202 e. The Morgan fingerprint density at radius 1 is 1.12 bits per heavy atom. The molecular formula is C23H23F2NO6. The number of benzene rings is 2. The van der Waals surface area contributed by atoms with Crippen LogP contribution < -0.4 is 5.43 Å². The first kappa shape index (κ1) is 22.2. The fourth-order valence-electron chi connectivity index (χ4n) is 4.48. The van der Waals surface area contributed by atoms with E-state index in [1.807, 2.05) is 11.9 Å². The van der Waals surface area contributed by atoms with Crippen molar-refractivity contribution in [3.8, 4) is 11.5 Å². The van der Waals surface area contributed by atoms with Gasteiger partial charge in [0.1, 0.15) is 46.0 Å². The van der Waals surface area contributed by atoms with Crippen molar-refractivity contribution < 1.29 is 33.6 Å². The van der Waals surface area contributed by atoms with Gasteiger partial charge >= 0.3 is 0 Å². The molecule has 1 unspecified atom stereocenters. The van der Waals surface area contributed by atoms with Crippen molar-refractivity contribution in [1.29, 1.82) is 0 Å². The van der Waals surface area contributed by atoms with Crippen molar-refractivity contribution in [3.63, 3.8) is 0 Å². The number of nitrogens with zero attached hydrogens (tertiary/aromatic N) is 1. The topological polar surface area (TPSA) is 114 Å². The quantitative estimate of drug-likeness (QED) is 0.488. The average molecular weight is 447 g/mol. The summed E-state index contributed by atoms with van der Waals surface area (Å²) in [7, 11) is 1.85. The summed E-state index contributed by atoms with van der Waals surface area (Å²) >= 11 is 0. The van der Waals surface area contributed by atoms with Gasteiger partial charge in [-0.2, -0.15) is 0 Å². The molecule has 0 saturated carbocycles. The lowest BCUT2D eigenvalue weighted by molar-refractivity contribution is 0.0630. The van der Waals surface area contributed by atoms with Gasteiger partial charge in [0.25, 0.3) is 0 Å². The number of likely N-dealkylation sites (N-methyl/N-ethyl adjacent to an activating group) is 1. The molecule has 170 valence electrons. The first-order valence-electron chi connectivity index (χ1n) is 10.1. The van der Waals surface area contributed by atoms with Crippen LogP contribution in [0.3, 0.4) is 0 Å². The number of aliphatic hydroxyl groups is 2. The van der Waals surface area contributed by atoms with Crippen LogP contribution in [0, 0.1) is 18.6 Å². The molecule has 1 fully saturated rings. The van der Waals surface area contributed by atoms with E-state index in [1.54, 1.807) is 0 Å². The van der Waals surface area contributed by atoms with Crippen LogP contribution in [0.4, 0.5) is 8.78 Å². The maximum absolute atomic E-state index is 13.6. The minimum absolute atomic E-state index is 0.0478. The molecule has 4 N–H and O–H groups in total. The molecule has 0 aliphatic carbocycles. The Labute approximate surface area is 181 Å². The molecule has 0 radical (unpaired) electrons. The molecule has 1 aliphatic rings. The Balaban J connectivity index is 1.94. The summed E-state index contributed by atoms with van der Waals surface area (Å²) in [6.45, 7) is 2.37. The second-order valence-corrected chi connectivity index (χ2v) is 8.26. The number of aryl methyl sites for hydroxylation is 1. The lowest BCUT2D eigenvalue weighted by Crippen LogP contribution is -2.40. The van der Waals surface area contributed by atoms with Gasteiger partial charge < -0.3 is 29.7 Å². The van der Waals surface area contributed by atoms with Crippen LogP contribution >= 0.6 is 0 Å². The first-order valence-corrected chi connectivity index (χ1v) is 10.1. The Morgan fingerprint density at radius 3 is 2.41 bits per heavy atom. The van der Waals surface area contributed by atoms with E-state index < -0.39 is 40.9 Å². The number of piperidine rings is 1. The van der Waals surface area contributed by atoms with Crippen molar-refractivity contribution in [2.45, 2.75) is 31.5 Å². The van der Waals surface area contributed by atoms with Crippen LogP contribution in [0.5, 0.6) is 11.5 Å². The third-order valence-electron chi connectivity index (χ3n) is 6.01. The predicted octanol–water partition coefficient (Wildman–Crippen LogP) is 2.65. The summed E-state index contributed by atoms with van der Waals surface area (Å²) < 4.78 is 33.1. The number of phenolic OH excluding ortho intramolecular Hbond substituents is 2. The van der Waals surface area contributed by atoms with Crippen molar-refractivity contribution in [2.24, 2.45) is 0 Å². The van der Waals surface area contributed by atoms with E-state index in [1.165, 1.54) is 6.92 Å². The molecule has 9 heteroatoms. The van der Waals surface area contributed by atoms with Crippen molar-refractivity contribution in [1.82, 2.24) is 4.90 Å². The Hall–Kier alpha value is -3.01. The molecule has 0 bridgehead atoms. The van der Waals surface area contributed by atoms with Gasteiger partial charge in [0.05, 0.1) is 11.7 Å². The van der Waals surface area contributed by atoms with E-state index in [9.17, 15) is 34.0 Å². The monoisotopic (exact) mass is 447 g/mol. The zero-order chi connectivity index (χ0) is 23.3. The van der Waals surface area contributed by atoms with Gasteiger partial charge in [-0.3, -0.25) is 4.79 Å². The molecule has 1 aliphatic heterocycles. The molecule has 1 saturated heterocycles. The number of likely N-dealkylation sites (tertiary alicyclic amines) is 1. The van der Waals surface area contributed by atoms with Crippen LogP contribution in [0.1, 0.15) is 40.9 Å². The highest BCUT2D eigenvalue weighted by Crippen LogP contribution is 2.42. The Morgan fingerprint density at radius 2 is 1.78 bits per heavy atom. The van der Waals surface area contributed by atoms with Crippen LogP contribution in [-0.4, -0.2) is 51.6 Å². The van der Waals surface area contributed by atoms with Crippen molar-refractivity contribution >= 4 is 11.0 Å². The minimum Gasteiger partial charge on any atom is -0.507 e. The number of fused-ring (bicyclic) bond motifs is 1. The van der Waals surface area contributed by atoms with Crippen LogP contribution in [0.25, 0.3) is 11.0 Å². The van der Waals surface area contributed by atoms with E-state index >= 15 is 0 Å². The summed E-state index contributed by atoms with van der Waals surface area (Å²) in [5, 5.41) is 42.0. The van der Waals surface area contributed by atoms with E-state index in [2.05, 4.69) is 0 Å². The molecule has 32 heavy (non-hydrogen) atoms. The van der Waals surface area contributed by atoms with Gasteiger partial charge in [-0.05, 0) is 44.6 Å². The summed E-state index contributed by atoms with van der Waals surface area (Å²) in [4.78, 5) is 15.2. The number of phenols is 2. The van der Waals surface area contributed by atoms with Gasteiger partial charge in [0.2, 0.25) is 5.43 Å². The number of hydrogen-bond donors (Lipinski definition) is 4. The number of hydrogen-bond acceptors (Lipinski definition) is 7. The number of rotatable bonds is 3.